The van der Waals surface area contributed by atoms with Crippen LogP contribution in [0.25, 0.3) is 10.9 Å². The van der Waals surface area contributed by atoms with Gasteiger partial charge in [-0.15, -0.1) is 0 Å². The van der Waals surface area contributed by atoms with Crippen molar-refractivity contribution in [1.82, 2.24) is 4.98 Å². The van der Waals surface area contributed by atoms with Gasteiger partial charge in [-0.1, -0.05) is 54.6 Å². The molecule has 0 aliphatic carbocycles. The Morgan fingerprint density at radius 3 is 2.39 bits per heavy atom. The van der Waals surface area contributed by atoms with Crippen molar-refractivity contribution in [3.63, 3.8) is 0 Å². The molecule has 0 aliphatic heterocycles. The molecule has 0 spiro atoms. The number of aromatic nitrogens is 1. The molecule has 1 heterocycles. The quantitative estimate of drug-likeness (QED) is 0.489. The molecule has 0 atom stereocenters. The molecule has 0 saturated carbocycles. The average Bonchev–Trinajstić information content (AvgIpc) is 2.77. The minimum atomic E-state index is -0.0960. The third-order valence-corrected chi connectivity index (χ3v) is 4.49. The van der Waals surface area contributed by atoms with Crippen LogP contribution in [-0.2, 0) is 11.3 Å². The Labute approximate surface area is 164 Å². The van der Waals surface area contributed by atoms with Crippen molar-refractivity contribution in [3.05, 3.63) is 103 Å². The third kappa shape index (κ3) is 4.18. The van der Waals surface area contributed by atoms with E-state index in [1.807, 2.05) is 91.0 Å². The van der Waals surface area contributed by atoms with Gasteiger partial charge in [-0.2, -0.15) is 0 Å². The second kappa shape index (κ2) is 8.35. The van der Waals surface area contributed by atoms with Gasteiger partial charge in [0, 0.05) is 17.3 Å². The minimum absolute atomic E-state index is 0.0342. The standard InChI is InChI=1S/C24H20N2O2/c27-24(18-28-22-13-14-23-20(16-22)10-7-15-25-23)26(21-11-5-2-6-12-21)17-19-8-3-1-4-9-19/h1-16H,17-18H2. The number of para-hydroxylation sites is 1. The molecule has 0 bridgehead atoms. The number of carbonyl (C=O) groups is 1. The number of amides is 1. The largest absolute Gasteiger partial charge is 0.484 e. The Hall–Kier alpha value is -3.66. The van der Waals surface area contributed by atoms with Crippen LogP contribution in [0.5, 0.6) is 5.75 Å². The van der Waals surface area contributed by atoms with E-state index >= 15 is 0 Å². The van der Waals surface area contributed by atoms with Gasteiger partial charge in [0.25, 0.3) is 5.91 Å². The van der Waals surface area contributed by atoms with E-state index in [0.29, 0.717) is 12.3 Å². The van der Waals surface area contributed by atoms with E-state index in [1.54, 1.807) is 11.1 Å². The summed E-state index contributed by atoms with van der Waals surface area (Å²) in [6.45, 7) is 0.460. The van der Waals surface area contributed by atoms with Crippen molar-refractivity contribution >= 4 is 22.5 Å². The number of ether oxygens (including phenoxy) is 1. The summed E-state index contributed by atoms with van der Waals surface area (Å²) in [6.07, 6.45) is 1.76. The molecule has 0 N–H and O–H groups in total. The van der Waals surface area contributed by atoms with E-state index in [1.165, 1.54) is 0 Å². The summed E-state index contributed by atoms with van der Waals surface area (Å²) in [6, 6.07) is 29.1. The summed E-state index contributed by atoms with van der Waals surface area (Å²) < 4.78 is 5.80. The van der Waals surface area contributed by atoms with E-state index < -0.39 is 0 Å². The fourth-order valence-corrected chi connectivity index (χ4v) is 3.06. The van der Waals surface area contributed by atoms with E-state index in [9.17, 15) is 4.79 Å². The average molecular weight is 368 g/mol. The number of hydrogen-bond acceptors (Lipinski definition) is 3. The molecule has 3 aromatic carbocycles. The Kier molecular flexibility index (Phi) is 5.29. The molecule has 4 heteroatoms. The van der Waals surface area contributed by atoms with Gasteiger partial charge in [0.15, 0.2) is 6.61 Å². The fraction of sp³-hybridized carbons (Fsp3) is 0.0833. The zero-order valence-corrected chi connectivity index (χ0v) is 15.4. The van der Waals surface area contributed by atoms with E-state index in [0.717, 1.165) is 22.2 Å². The number of anilines is 1. The molecule has 1 aromatic heterocycles. The molecule has 28 heavy (non-hydrogen) atoms. The Bertz CT molecular complexity index is 1070. The molecular formula is C24H20N2O2. The van der Waals surface area contributed by atoms with E-state index in [2.05, 4.69) is 4.98 Å². The summed E-state index contributed by atoms with van der Waals surface area (Å²) in [5.41, 5.74) is 2.82. The molecule has 0 fully saturated rings. The molecule has 0 radical (unpaired) electrons. The number of fused-ring (bicyclic) bond motifs is 1. The van der Waals surface area contributed by atoms with Crippen molar-refractivity contribution in [2.75, 3.05) is 11.5 Å². The van der Waals surface area contributed by atoms with Gasteiger partial charge in [0.1, 0.15) is 5.75 Å². The predicted molar refractivity (Wildman–Crippen MR) is 111 cm³/mol. The van der Waals surface area contributed by atoms with Gasteiger partial charge in [0.2, 0.25) is 0 Å². The number of carbonyl (C=O) groups excluding carboxylic acids is 1. The molecule has 1 amide bonds. The smallest absolute Gasteiger partial charge is 0.265 e. The molecule has 4 aromatic rings. The maximum absolute atomic E-state index is 13.0. The third-order valence-electron chi connectivity index (χ3n) is 4.49. The Morgan fingerprint density at radius 2 is 1.61 bits per heavy atom. The number of benzene rings is 3. The van der Waals surface area contributed by atoms with Crippen LogP contribution >= 0.6 is 0 Å². The molecule has 0 aliphatic rings. The predicted octanol–water partition coefficient (Wildman–Crippen LogP) is 4.85. The fourth-order valence-electron chi connectivity index (χ4n) is 3.06. The second-order valence-electron chi connectivity index (χ2n) is 6.45. The lowest BCUT2D eigenvalue weighted by atomic mass is 10.2. The Morgan fingerprint density at radius 1 is 0.857 bits per heavy atom. The number of hydrogen-bond donors (Lipinski definition) is 0. The maximum atomic E-state index is 13.0. The van der Waals surface area contributed by atoms with Crippen LogP contribution in [-0.4, -0.2) is 17.5 Å². The molecule has 138 valence electrons. The summed E-state index contributed by atoms with van der Waals surface area (Å²) >= 11 is 0. The number of nitrogens with zero attached hydrogens (tertiary/aromatic N) is 2. The van der Waals surface area contributed by atoms with Gasteiger partial charge < -0.3 is 9.64 Å². The van der Waals surface area contributed by atoms with E-state index in [-0.39, 0.29) is 12.5 Å². The van der Waals surface area contributed by atoms with Crippen molar-refractivity contribution in [1.29, 1.82) is 0 Å². The van der Waals surface area contributed by atoms with Crippen molar-refractivity contribution < 1.29 is 9.53 Å². The first-order valence-corrected chi connectivity index (χ1v) is 9.16. The van der Waals surface area contributed by atoms with Crippen LogP contribution in [0, 0.1) is 0 Å². The summed E-state index contributed by atoms with van der Waals surface area (Å²) in [7, 11) is 0. The number of pyridine rings is 1. The van der Waals surface area contributed by atoms with Crippen molar-refractivity contribution in [2.24, 2.45) is 0 Å². The normalized spacial score (nSPS) is 10.6. The molecule has 4 nitrogen and oxygen atoms in total. The van der Waals surface area contributed by atoms with Crippen LogP contribution in [0.1, 0.15) is 5.56 Å². The van der Waals surface area contributed by atoms with Crippen LogP contribution in [0.3, 0.4) is 0 Å². The summed E-state index contributed by atoms with van der Waals surface area (Å²) in [5, 5.41) is 0.983. The highest BCUT2D eigenvalue weighted by Gasteiger charge is 2.17. The second-order valence-corrected chi connectivity index (χ2v) is 6.45. The first-order valence-electron chi connectivity index (χ1n) is 9.16. The van der Waals surface area contributed by atoms with Crippen LogP contribution in [0.2, 0.25) is 0 Å². The lowest BCUT2D eigenvalue weighted by Crippen LogP contribution is -2.34. The van der Waals surface area contributed by atoms with Gasteiger partial charge in [0.05, 0.1) is 12.1 Å². The topological polar surface area (TPSA) is 42.4 Å². The van der Waals surface area contributed by atoms with Gasteiger partial charge in [-0.25, -0.2) is 0 Å². The van der Waals surface area contributed by atoms with Gasteiger partial charge >= 0.3 is 0 Å². The molecular weight excluding hydrogens is 348 g/mol. The molecule has 4 rings (SSSR count). The van der Waals surface area contributed by atoms with Crippen LogP contribution < -0.4 is 9.64 Å². The van der Waals surface area contributed by atoms with Crippen molar-refractivity contribution in [2.45, 2.75) is 6.54 Å². The molecule has 0 saturated heterocycles. The first kappa shape index (κ1) is 17.7. The SMILES string of the molecule is O=C(COc1ccc2ncccc2c1)N(Cc1ccccc1)c1ccccc1. The Balaban J connectivity index is 1.51. The minimum Gasteiger partial charge on any atom is -0.484 e. The lowest BCUT2D eigenvalue weighted by Gasteiger charge is -2.23. The van der Waals surface area contributed by atoms with Crippen LogP contribution in [0.15, 0.2) is 97.2 Å². The highest BCUT2D eigenvalue weighted by molar-refractivity contribution is 5.94. The van der Waals surface area contributed by atoms with Crippen LogP contribution in [0.4, 0.5) is 5.69 Å². The lowest BCUT2D eigenvalue weighted by molar-refractivity contribution is -0.120. The van der Waals surface area contributed by atoms with Crippen molar-refractivity contribution in [3.8, 4) is 5.75 Å². The highest BCUT2D eigenvalue weighted by Crippen LogP contribution is 2.20. The monoisotopic (exact) mass is 368 g/mol. The summed E-state index contributed by atoms with van der Waals surface area (Å²) in [4.78, 5) is 19.0. The first-order chi connectivity index (χ1) is 13.8. The maximum Gasteiger partial charge on any atom is 0.265 e. The van der Waals surface area contributed by atoms with E-state index in [4.69, 9.17) is 4.74 Å². The van der Waals surface area contributed by atoms with Gasteiger partial charge in [-0.05, 0) is 42.0 Å². The number of rotatable bonds is 6. The van der Waals surface area contributed by atoms with Gasteiger partial charge in [-0.3, -0.25) is 9.78 Å². The zero-order valence-electron chi connectivity index (χ0n) is 15.4. The zero-order chi connectivity index (χ0) is 19.2. The molecule has 0 unspecified atom stereocenters. The summed E-state index contributed by atoms with van der Waals surface area (Å²) in [5.74, 6) is 0.558. The highest BCUT2D eigenvalue weighted by atomic mass is 16.5.